The molecule has 0 fully saturated rings. The van der Waals surface area contributed by atoms with Gasteiger partial charge < -0.3 is 5.11 Å². The number of para-hydroxylation sites is 1. The van der Waals surface area contributed by atoms with E-state index in [9.17, 15) is 23.3 Å². The topological polar surface area (TPSA) is 127 Å². The second kappa shape index (κ2) is 6.44. The van der Waals surface area contributed by atoms with Gasteiger partial charge in [0.25, 0.3) is 5.69 Å². The molecule has 0 aliphatic heterocycles. The number of hydrogen-bond donors (Lipinski definition) is 2. The first-order valence-corrected chi connectivity index (χ1v) is 7.23. The van der Waals surface area contributed by atoms with Crippen molar-refractivity contribution in [2.75, 3.05) is 0 Å². The summed E-state index contributed by atoms with van der Waals surface area (Å²) < 4.78 is 26.4. The maximum absolute atomic E-state index is 12.1. The van der Waals surface area contributed by atoms with E-state index in [0.29, 0.717) is 0 Å². The van der Waals surface area contributed by atoms with Gasteiger partial charge in [0.2, 0.25) is 10.0 Å². The van der Waals surface area contributed by atoms with E-state index in [1.807, 2.05) is 0 Å². The molecule has 1 rings (SSSR count). The molecular weight excluding hydrogens is 288 g/mol. The van der Waals surface area contributed by atoms with Crippen LogP contribution in [0.4, 0.5) is 5.69 Å². The molecular formula is C11H14N2O6S. The van der Waals surface area contributed by atoms with Crippen LogP contribution in [0, 0.1) is 10.1 Å². The maximum atomic E-state index is 12.1. The third-order valence-corrected chi connectivity index (χ3v) is 4.15. The lowest BCUT2D eigenvalue weighted by molar-refractivity contribution is -0.387. The van der Waals surface area contributed by atoms with Crippen molar-refractivity contribution >= 4 is 21.7 Å². The normalized spacial score (nSPS) is 12.8. The fourth-order valence-electron chi connectivity index (χ4n) is 1.60. The number of carbonyl (C=O) groups is 1. The number of carboxylic acids is 1. The molecule has 110 valence electrons. The molecule has 0 saturated heterocycles. The van der Waals surface area contributed by atoms with Gasteiger partial charge in [-0.25, -0.2) is 13.1 Å². The number of benzene rings is 1. The molecule has 0 radical (unpaired) electrons. The van der Waals surface area contributed by atoms with Crippen molar-refractivity contribution in [3.8, 4) is 0 Å². The van der Waals surface area contributed by atoms with E-state index in [2.05, 4.69) is 4.72 Å². The number of hydrogen-bond acceptors (Lipinski definition) is 5. The van der Waals surface area contributed by atoms with Crippen LogP contribution in [0.1, 0.15) is 19.8 Å². The summed E-state index contributed by atoms with van der Waals surface area (Å²) in [6.07, 6.45) is -0.136. The number of rotatable bonds is 7. The van der Waals surface area contributed by atoms with Crippen molar-refractivity contribution in [1.82, 2.24) is 4.72 Å². The van der Waals surface area contributed by atoms with Crippen LogP contribution in [0.2, 0.25) is 0 Å². The highest BCUT2D eigenvalue weighted by Crippen LogP contribution is 2.23. The van der Waals surface area contributed by atoms with Crippen LogP contribution in [0.25, 0.3) is 0 Å². The van der Waals surface area contributed by atoms with Crippen molar-refractivity contribution in [3.63, 3.8) is 0 Å². The molecule has 1 atom stereocenters. The molecule has 0 spiro atoms. The van der Waals surface area contributed by atoms with Gasteiger partial charge in [-0.15, -0.1) is 0 Å². The molecule has 1 aromatic rings. The van der Waals surface area contributed by atoms with Crippen LogP contribution in [0.15, 0.2) is 29.2 Å². The fourth-order valence-corrected chi connectivity index (χ4v) is 3.09. The van der Waals surface area contributed by atoms with E-state index in [0.717, 1.165) is 12.1 Å². The van der Waals surface area contributed by atoms with Crippen molar-refractivity contribution in [2.24, 2.45) is 0 Å². The number of nitrogens with zero attached hydrogens (tertiary/aromatic N) is 1. The van der Waals surface area contributed by atoms with Crippen LogP contribution >= 0.6 is 0 Å². The first kappa shape index (κ1) is 16.1. The van der Waals surface area contributed by atoms with Gasteiger partial charge in [0.1, 0.15) is 0 Å². The van der Waals surface area contributed by atoms with Crippen molar-refractivity contribution in [3.05, 3.63) is 34.4 Å². The molecule has 0 saturated carbocycles. The van der Waals surface area contributed by atoms with Gasteiger partial charge in [-0.2, -0.15) is 0 Å². The molecule has 0 bridgehead atoms. The number of carboxylic acid groups (broad SMARTS) is 1. The largest absolute Gasteiger partial charge is 0.481 e. The summed E-state index contributed by atoms with van der Waals surface area (Å²) in [5, 5.41) is 19.5. The Hall–Kier alpha value is -2.00. The number of nitro groups is 1. The lowest BCUT2D eigenvalue weighted by Crippen LogP contribution is -2.36. The summed E-state index contributed by atoms with van der Waals surface area (Å²) in [6, 6.07) is 4.07. The van der Waals surface area contributed by atoms with Gasteiger partial charge >= 0.3 is 5.97 Å². The Labute approximate surface area is 115 Å². The monoisotopic (exact) mass is 302 g/mol. The molecule has 0 amide bonds. The number of sulfonamides is 1. The van der Waals surface area contributed by atoms with Gasteiger partial charge in [-0.05, 0) is 12.5 Å². The average molecular weight is 302 g/mol. The predicted octanol–water partition coefficient (Wildman–Crippen LogP) is 1.13. The molecule has 20 heavy (non-hydrogen) atoms. The van der Waals surface area contributed by atoms with E-state index in [4.69, 9.17) is 5.11 Å². The van der Waals surface area contributed by atoms with Crippen molar-refractivity contribution < 1.29 is 23.2 Å². The summed E-state index contributed by atoms with van der Waals surface area (Å²) in [5.74, 6) is -1.15. The number of aliphatic carboxylic acids is 1. The Morgan fingerprint density at radius 2 is 2.05 bits per heavy atom. The van der Waals surface area contributed by atoms with Crippen molar-refractivity contribution in [1.29, 1.82) is 0 Å². The van der Waals surface area contributed by atoms with Crippen LogP contribution in [0.3, 0.4) is 0 Å². The smallest absolute Gasteiger partial charge is 0.304 e. The van der Waals surface area contributed by atoms with Gasteiger partial charge in [-0.1, -0.05) is 19.1 Å². The molecule has 0 heterocycles. The standard InChI is InChI=1S/C11H14N2O6S/c1-2-8(7-11(14)15)12-20(18,19)10-6-4-3-5-9(10)13(16)17/h3-6,8,12H,2,7H2,1H3,(H,14,15). The first-order chi connectivity index (χ1) is 9.27. The SMILES string of the molecule is CCC(CC(=O)O)NS(=O)(=O)c1ccccc1[N+](=O)[O-]. The summed E-state index contributed by atoms with van der Waals surface area (Å²) in [4.78, 5) is 20.2. The average Bonchev–Trinajstić information content (AvgIpc) is 2.37. The third kappa shape index (κ3) is 4.00. The van der Waals surface area contributed by atoms with Crippen molar-refractivity contribution in [2.45, 2.75) is 30.7 Å². The Balaban J connectivity index is 3.11. The minimum absolute atomic E-state index is 0.256. The second-order valence-corrected chi connectivity index (χ2v) is 5.73. The van der Waals surface area contributed by atoms with E-state index in [-0.39, 0.29) is 6.42 Å². The third-order valence-electron chi connectivity index (χ3n) is 2.59. The molecule has 1 unspecified atom stereocenters. The van der Waals surface area contributed by atoms with Gasteiger partial charge in [-0.3, -0.25) is 14.9 Å². The second-order valence-electron chi connectivity index (χ2n) is 4.05. The highest BCUT2D eigenvalue weighted by atomic mass is 32.2. The van der Waals surface area contributed by atoms with Crippen LogP contribution in [0.5, 0.6) is 0 Å². The molecule has 2 N–H and O–H groups in total. The highest BCUT2D eigenvalue weighted by molar-refractivity contribution is 7.89. The summed E-state index contributed by atoms with van der Waals surface area (Å²) >= 11 is 0. The van der Waals surface area contributed by atoms with Gasteiger partial charge in [0.15, 0.2) is 4.90 Å². The zero-order valence-corrected chi connectivity index (χ0v) is 11.5. The summed E-state index contributed by atoms with van der Waals surface area (Å²) in [6.45, 7) is 1.62. The molecule has 0 aliphatic rings. The van der Waals surface area contributed by atoms with Crippen LogP contribution in [-0.2, 0) is 14.8 Å². The zero-order valence-electron chi connectivity index (χ0n) is 10.6. The molecule has 0 aromatic heterocycles. The van der Waals surface area contributed by atoms with Crippen LogP contribution < -0.4 is 4.72 Å². The van der Waals surface area contributed by atoms with Gasteiger partial charge in [0, 0.05) is 12.1 Å². The predicted molar refractivity (Wildman–Crippen MR) is 69.7 cm³/mol. The lowest BCUT2D eigenvalue weighted by Gasteiger charge is -2.15. The number of nitro benzene ring substituents is 1. The Bertz CT molecular complexity index is 613. The minimum Gasteiger partial charge on any atom is -0.481 e. The Kier molecular flexibility index (Phi) is 5.17. The van der Waals surface area contributed by atoms with Crippen LogP contribution in [-0.4, -0.2) is 30.5 Å². The van der Waals surface area contributed by atoms with E-state index in [1.165, 1.54) is 12.1 Å². The van der Waals surface area contributed by atoms with Gasteiger partial charge in [0.05, 0.1) is 11.3 Å². The van der Waals surface area contributed by atoms with E-state index in [1.54, 1.807) is 6.92 Å². The first-order valence-electron chi connectivity index (χ1n) is 5.75. The lowest BCUT2D eigenvalue weighted by atomic mass is 10.2. The Morgan fingerprint density at radius 1 is 1.45 bits per heavy atom. The summed E-state index contributed by atoms with van der Waals surface area (Å²) in [5.41, 5.74) is -0.551. The molecule has 9 heteroatoms. The summed E-state index contributed by atoms with van der Waals surface area (Å²) in [7, 11) is -4.15. The minimum atomic E-state index is -4.15. The molecule has 1 aromatic carbocycles. The Morgan fingerprint density at radius 3 is 2.55 bits per heavy atom. The van der Waals surface area contributed by atoms with E-state index < -0.39 is 44.0 Å². The number of nitrogens with one attached hydrogen (secondary N) is 1. The van der Waals surface area contributed by atoms with E-state index >= 15 is 0 Å². The highest BCUT2D eigenvalue weighted by Gasteiger charge is 2.27. The quantitative estimate of drug-likeness (QED) is 0.574. The molecule has 8 nitrogen and oxygen atoms in total. The molecule has 0 aliphatic carbocycles. The maximum Gasteiger partial charge on any atom is 0.304 e. The fraction of sp³-hybridized carbons (Fsp3) is 0.364. The zero-order chi connectivity index (χ0) is 15.3.